The number of amides is 1. The van der Waals surface area contributed by atoms with E-state index in [-0.39, 0.29) is 11.1 Å². The summed E-state index contributed by atoms with van der Waals surface area (Å²) in [5.74, 6) is -2.44. The van der Waals surface area contributed by atoms with Crippen molar-refractivity contribution in [2.75, 3.05) is 7.11 Å². The van der Waals surface area contributed by atoms with Gasteiger partial charge < -0.3 is 15.2 Å². The lowest BCUT2D eigenvalue weighted by Crippen LogP contribution is -2.35. The van der Waals surface area contributed by atoms with Crippen molar-refractivity contribution in [1.82, 2.24) is 5.32 Å². The van der Waals surface area contributed by atoms with Crippen LogP contribution >= 0.6 is 0 Å². The lowest BCUT2D eigenvalue weighted by molar-refractivity contribution is -0.144. The first kappa shape index (κ1) is 16.4. The summed E-state index contributed by atoms with van der Waals surface area (Å²) in [4.78, 5) is 34.7. The Kier molecular flexibility index (Phi) is 5.66. The van der Waals surface area contributed by atoms with Crippen molar-refractivity contribution in [3.8, 4) is 0 Å². The Morgan fingerprint density at radius 3 is 2.14 bits per heavy atom. The third kappa shape index (κ3) is 4.17. The molecule has 6 heteroatoms. The maximum atomic E-state index is 12.1. The SMILES string of the molecule is COC(=O)C(NC(=O)C(C)=C(C)C(=O)O)c1ccccc1. The first-order valence-corrected chi connectivity index (χ1v) is 6.23. The molecule has 0 aromatic heterocycles. The monoisotopic (exact) mass is 291 g/mol. The minimum absolute atomic E-state index is 0.0346. The van der Waals surface area contributed by atoms with Crippen LogP contribution in [0.4, 0.5) is 0 Å². The Labute approximate surface area is 122 Å². The number of carboxylic acids is 1. The van der Waals surface area contributed by atoms with Crippen LogP contribution in [0.15, 0.2) is 41.5 Å². The van der Waals surface area contributed by atoms with Crippen LogP contribution in [-0.2, 0) is 19.1 Å². The van der Waals surface area contributed by atoms with Crippen molar-refractivity contribution in [3.05, 3.63) is 47.0 Å². The molecule has 0 aliphatic heterocycles. The standard InChI is InChI=1S/C15H17NO5/c1-9(10(2)14(18)19)13(17)16-12(15(20)21-3)11-7-5-4-6-8-11/h4-8,12H,1-3H3,(H,16,17)(H,18,19). The molecule has 0 aliphatic rings. The van der Waals surface area contributed by atoms with Crippen molar-refractivity contribution in [1.29, 1.82) is 0 Å². The van der Waals surface area contributed by atoms with E-state index in [1.165, 1.54) is 21.0 Å². The molecule has 1 unspecified atom stereocenters. The van der Waals surface area contributed by atoms with Crippen molar-refractivity contribution in [2.24, 2.45) is 0 Å². The Hall–Kier alpha value is -2.63. The number of nitrogens with one attached hydrogen (secondary N) is 1. The Morgan fingerprint density at radius 1 is 1.10 bits per heavy atom. The molecule has 0 saturated carbocycles. The summed E-state index contributed by atoms with van der Waals surface area (Å²) < 4.78 is 4.67. The number of methoxy groups -OCH3 is 1. The van der Waals surface area contributed by atoms with Gasteiger partial charge in [-0.2, -0.15) is 0 Å². The second-order valence-electron chi connectivity index (χ2n) is 4.40. The van der Waals surface area contributed by atoms with Gasteiger partial charge in [-0.25, -0.2) is 9.59 Å². The van der Waals surface area contributed by atoms with E-state index in [1.54, 1.807) is 30.3 Å². The molecule has 1 amide bonds. The molecule has 1 rings (SSSR count). The average molecular weight is 291 g/mol. The van der Waals surface area contributed by atoms with Gasteiger partial charge in [0.15, 0.2) is 6.04 Å². The number of carbonyl (C=O) groups is 3. The lowest BCUT2D eigenvalue weighted by Gasteiger charge is -2.17. The number of ether oxygens (including phenoxy) is 1. The molecular formula is C15H17NO5. The van der Waals surface area contributed by atoms with Gasteiger partial charge in [-0.1, -0.05) is 30.3 Å². The summed E-state index contributed by atoms with van der Waals surface area (Å²) >= 11 is 0. The van der Waals surface area contributed by atoms with E-state index in [4.69, 9.17) is 5.11 Å². The van der Waals surface area contributed by atoms with Crippen molar-refractivity contribution in [3.63, 3.8) is 0 Å². The molecule has 0 heterocycles. The summed E-state index contributed by atoms with van der Waals surface area (Å²) in [6, 6.07) is 7.58. The maximum Gasteiger partial charge on any atom is 0.333 e. The van der Waals surface area contributed by atoms with E-state index in [9.17, 15) is 14.4 Å². The summed E-state index contributed by atoms with van der Waals surface area (Å²) in [6.45, 7) is 2.71. The molecular weight excluding hydrogens is 274 g/mol. The summed E-state index contributed by atoms with van der Waals surface area (Å²) in [6.07, 6.45) is 0. The highest BCUT2D eigenvalue weighted by Crippen LogP contribution is 2.15. The molecule has 21 heavy (non-hydrogen) atoms. The van der Waals surface area contributed by atoms with Crippen LogP contribution in [0.5, 0.6) is 0 Å². The molecule has 0 saturated heterocycles. The maximum absolute atomic E-state index is 12.1. The smallest absolute Gasteiger partial charge is 0.333 e. The first-order chi connectivity index (χ1) is 9.88. The zero-order chi connectivity index (χ0) is 16.0. The Morgan fingerprint density at radius 2 is 1.67 bits per heavy atom. The van der Waals surface area contributed by atoms with Gasteiger partial charge in [-0.05, 0) is 19.4 Å². The molecule has 0 fully saturated rings. The minimum Gasteiger partial charge on any atom is -0.478 e. The number of esters is 1. The minimum atomic E-state index is -1.18. The quantitative estimate of drug-likeness (QED) is 0.632. The fourth-order valence-electron chi connectivity index (χ4n) is 1.61. The highest BCUT2D eigenvalue weighted by molar-refractivity contribution is 6.02. The normalized spacial score (nSPS) is 12.9. The molecule has 1 aromatic rings. The van der Waals surface area contributed by atoms with E-state index in [2.05, 4.69) is 10.1 Å². The Bertz CT molecular complexity index is 577. The molecule has 1 atom stereocenters. The van der Waals surface area contributed by atoms with Crippen molar-refractivity contribution >= 4 is 17.8 Å². The van der Waals surface area contributed by atoms with Crippen LogP contribution in [0.3, 0.4) is 0 Å². The molecule has 0 radical (unpaired) electrons. The predicted octanol–water partition coefficient (Wildman–Crippen LogP) is 1.44. The molecule has 0 bridgehead atoms. The van der Waals surface area contributed by atoms with Gasteiger partial charge in [-0.3, -0.25) is 4.79 Å². The van der Waals surface area contributed by atoms with Gasteiger partial charge in [0.2, 0.25) is 5.91 Å². The first-order valence-electron chi connectivity index (χ1n) is 6.23. The summed E-state index contributed by atoms with van der Waals surface area (Å²) in [5, 5.41) is 11.4. The van der Waals surface area contributed by atoms with E-state index in [0.29, 0.717) is 5.56 Å². The average Bonchev–Trinajstić information content (AvgIpc) is 2.50. The predicted molar refractivity (Wildman–Crippen MR) is 75.4 cm³/mol. The van der Waals surface area contributed by atoms with Crippen LogP contribution in [-0.4, -0.2) is 30.1 Å². The molecule has 1 aromatic carbocycles. The highest BCUT2D eigenvalue weighted by atomic mass is 16.5. The summed E-state index contributed by atoms with van der Waals surface area (Å²) in [7, 11) is 1.22. The molecule has 6 nitrogen and oxygen atoms in total. The fraction of sp³-hybridized carbons (Fsp3) is 0.267. The highest BCUT2D eigenvalue weighted by Gasteiger charge is 2.24. The third-order valence-corrected chi connectivity index (χ3v) is 3.07. The number of carbonyl (C=O) groups excluding carboxylic acids is 2. The number of hydrogen-bond acceptors (Lipinski definition) is 4. The largest absolute Gasteiger partial charge is 0.478 e. The fourth-order valence-corrected chi connectivity index (χ4v) is 1.61. The van der Waals surface area contributed by atoms with Gasteiger partial charge in [0, 0.05) is 11.1 Å². The second kappa shape index (κ2) is 7.23. The zero-order valence-electron chi connectivity index (χ0n) is 12.0. The second-order valence-corrected chi connectivity index (χ2v) is 4.40. The summed E-state index contributed by atoms with van der Waals surface area (Å²) in [5.41, 5.74) is 0.509. The lowest BCUT2D eigenvalue weighted by atomic mass is 10.1. The number of rotatable bonds is 5. The number of hydrogen-bond donors (Lipinski definition) is 2. The molecule has 2 N–H and O–H groups in total. The van der Waals surface area contributed by atoms with Crippen LogP contribution < -0.4 is 5.32 Å². The van der Waals surface area contributed by atoms with E-state index in [0.717, 1.165) is 0 Å². The van der Waals surface area contributed by atoms with Crippen LogP contribution in [0.25, 0.3) is 0 Å². The van der Waals surface area contributed by atoms with Gasteiger partial charge in [-0.15, -0.1) is 0 Å². The van der Waals surface area contributed by atoms with E-state index >= 15 is 0 Å². The molecule has 0 aliphatic carbocycles. The van der Waals surface area contributed by atoms with E-state index in [1.807, 2.05) is 0 Å². The molecule has 0 spiro atoms. The number of aliphatic carboxylic acids is 1. The van der Waals surface area contributed by atoms with Crippen molar-refractivity contribution < 1.29 is 24.2 Å². The van der Waals surface area contributed by atoms with Gasteiger partial charge in [0.1, 0.15) is 0 Å². The van der Waals surface area contributed by atoms with Crippen LogP contribution in [0.2, 0.25) is 0 Å². The molecule has 112 valence electrons. The zero-order valence-corrected chi connectivity index (χ0v) is 12.0. The van der Waals surface area contributed by atoms with Crippen LogP contribution in [0, 0.1) is 0 Å². The van der Waals surface area contributed by atoms with E-state index < -0.39 is 23.9 Å². The topological polar surface area (TPSA) is 92.7 Å². The van der Waals surface area contributed by atoms with Crippen LogP contribution in [0.1, 0.15) is 25.5 Å². The van der Waals surface area contributed by atoms with Crippen molar-refractivity contribution in [2.45, 2.75) is 19.9 Å². The number of benzene rings is 1. The third-order valence-electron chi connectivity index (χ3n) is 3.07. The van der Waals surface area contributed by atoms with Gasteiger partial charge in [0.25, 0.3) is 0 Å². The van der Waals surface area contributed by atoms with Gasteiger partial charge >= 0.3 is 11.9 Å². The number of carboxylic acid groups (broad SMARTS) is 1. The van der Waals surface area contributed by atoms with Gasteiger partial charge in [0.05, 0.1) is 7.11 Å². The Balaban J connectivity index is 3.04.